The summed E-state index contributed by atoms with van der Waals surface area (Å²) in [5.74, 6) is 0.566. The third-order valence-electron chi connectivity index (χ3n) is 2.70. The Bertz CT molecular complexity index is 450. The van der Waals surface area contributed by atoms with Gasteiger partial charge < -0.3 is 10.6 Å². The van der Waals surface area contributed by atoms with Crippen LogP contribution >= 0.6 is 12.4 Å². The van der Waals surface area contributed by atoms with Gasteiger partial charge in [0.05, 0.1) is 0 Å². The second-order valence-electron chi connectivity index (χ2n) is 3.85. The maximum atomic E-state index is 11.4. The summed E-state index contributed by atoms with van der Waals surface area (Å²) in [6, 6.07) is 1.55. The molecule has 0 saturated carbocycles. The molecule has 1 aromatic rings. The maximum absolute atomic E-state index is 11.4. The minimum atomic E-state index is -0.391. The fourth-order valence-electron chi connectivity index (χ4n) is 1.72. The van der Waals surface area contributed by atoms with Crippen LogP contribution in [0.1, 0.15) is 6.42 Å². The van der Waals surface area contributed by atoms with Crippen molar-refractivity contribution in [2.24, 2.45) is 12.8 Å². The summed E-state index contributed by atoms with van der Waals surface area (Å²) in [7, 11) is 1.45. The van der Waals surface area contributed by atoms with Gasteiger partial charge in [0, 0.05) is 32.2 Å². The first-order chi connectivity index (χ1) is 7.08. The third-order valence-corrected chi connectivity index (χ3v) is 2.70. The number of aromatic nitrogens is 2. The molecular weight excluding hydrogens is 232 g/mol. The lowest BCUT2D eigenvalue weighted by molar-refractivity contribution is 0.744. The molecule has 2 heterocycles. The summed E-state index contributed by atoms with van der Waals surface area (Å²) >= 11 is 0. The summed E-state index contributed by atoms with van der Waals surface area (Å²) in [5.41, 5.74) is 5.06. The van der Waals surface area contributed by atoms with Crippen LogP contribution in [0.3, 0.4) is 0 Å². The molecule has 90 valence electrons. The highest BCUT2D eigenvalue weighted by Gasteiger charge is 2.20. The lowest BCUT2D eigenvalue weighted by atomic mass is 10.3. The average Bonchev–Trinajstić information content (AvgIpc) is 2.60. The number of nitrogens with one attached hydrogen (secondary N) is 1. The number of halogens is 1. The smallest absolute Gasteiger partial charge is 0.329 e. The fourth-order valence-corrected chi connectivity index (χ4v) is 1.72. The molecule has 0 aliphatic carbocycles. The zero-order valence-corrected chi connectivity index (χ0v) is 9.79. The number of nitrogens with zero attached hydrogens (tertiary/aromatic N) is 2. The Morgan fingerprint density at radius 1 is 1.50 bits per heavy atom. The molecule has 0 spiro atoms. The van der Waals surface area contributed by atoms with Gasteiger partial charge in [-0.05, 0) is 6.42 Å². The predicted molar refractivity (Wildman–Crippen MR) is 64.4 cm³/mol. The summed E-state index contributed by atoms with van der Waals surface area (Å²) < 4.78 is 1.04. The van der Waals surface area contributed by atoms with E-state index in [2.05, 4.69) is 4.98 Å². The Hall–Kier alpha value is -1.27. The lowest BCUT2D eigenvalue weighted by Crippen LogP contribution is -2.35. The van der Waals surface area contributed by atoms with Crippen LogP contribution in [0.15, 0.2) is 15.7 Å². The quantitative estimate of drug-likeness (QED) is 0.668. The van der Waals surface area contributed by atoms with Crippen molar-refractivity contribution in [3.8, 4) is 0 Å². The summed E-state index contributed by atoms with van der Waals surface area (Å²) in [6.07, 6.45) is 0.886. The largest absolute Gasteiger partial charge is 0.356 e. The molecular formula is C9H15ClN4O2. The first-order valence-corrected chi connectivity index (χ1v) is 4.89. The zero-order valence-electron chi connectivity index (χ0n) is 8.97. The Morgan fingerprint density at radius 3 is 2.69 bits per heavy atom. The van der Waals surface area contributed by atoms with Crippen LogP contribution in [0.25, 0.3) is 0 Å². The molecule has 0 aromatic carbocycles. The van der Waals surface area contributed by atoms with Crippen LogP contribution in [0.5, 0.6) is 0 Å². The summed E-state index contributed by atoms with van der Waals surface area (Å²) in [4.78, 5) is 27.3. The van der Waals surface area contributed by atoms with Gasteiger partial charge in [-0.2, -0.15) is 0 Å². The molecule has 0 unspecified atom stereocenters. The van der Waals surface area contributed by atoms with Crippen LogP contribution in [0.4, 0.5) is 5.82 Å². The van der Waals surface area contributed by atoms with Gasteiger partial charge >= 0.3 is 5.69 Å². The number of anilines is 1. The van der Waals surface area contributed by atoms with Crippen molar-refractivity contribution in [1.82, 2.24) is 9.55 Å². The molecule has 1 aliphatic rings. The number of H-pyrrole nitrogens is 1. The minimum absolute atomic E-state index is 0. The molecule has 16 heavy (non-hydrogen) atoms. The molecule has 0 bridgehead atoms. The Kier molecular flexibility index (Phi) is 3.77. The van der Waals surface area contributed by atoms with E-state index < -0.39 is 5.69 Å². The van der Waals surface area contributed by atoms with E-state index in [1.165, 1.54) is 13.1 Å². The third kappa shape index (κ3) is 2.28. The Balaban J connectivity index is 0.00000128. The number of aromatic amines is 1. The van der Waals surface area contributed by atoms with Gasteiger partial charge in [-0.1, -0.05) is 0 Å². The highest BCUT2D eigenvalue weighted by atomic mass is 35.5. The highest BCUT2D eigenvalue weighted by molar-refractivity contribution is 5.85. The average molecular weight is 247 g/mol. The van der Waals surface area contributed by atoms with E-state index in [4.69, 9.17) is 5.73 Å². The summed E-state index contributed by atoms with van der Waals surface area (Å²) in [5, 5.41) is 0. The molecule has 1 aromatic heterocycles. The summed E-state index contributed by atoms with van der Waals surface area (Å²) in [6.45, 7) is 1.47. The van der Waals surface area contributed by atoms with Crippen molar-refractivity contribution in [2.45, 2.75) is 12.5 Å². The Morgan fingerprint density at radius 2 is 2.19 bits per heavy atom. The standard InChI is InChI=1S/C9H14N4O2.ClH/c1-12-8(14)4-7(11-9(12)15)13-3-2-6(10)5-13;/h4,6H,2-3,5,10H2,1H3,(H,11,15);1H/t6-;/m0./s1. The number of hydrogen-bond acceptors (Lipinski definition) is 4. The Labute approximate surface area is 98.5 Å². The molecule has 7 heteroatoms. The fraction of sp³-hybridized carbons (Fsp3) is 0.556. The van der Waals surface area contributed by atoms with Crippen LogP contribution < -0.4 is 21.9 Å². The van der Waals surface area contributed by atoms with Gasteiger partial charge in [0.2, 0.25) is 0 Å². The topological polar surface area (TPSA) is 84.1 Å². The normalized spacial score (nSPS) is 19.6. The molecule has 1 saturated heterocycles. The van der Waals surface area contributed by atoms with Gasteiger partial charge in [0.25, 0.3) is 5.56 Å². The zero-order chi connectivity index (χ0) is 11.0. The second-order valence-corrected chi connectivity index (χ2v) is 3.85. The number of nitrogens with two attached hydrogens (primary N) is 1. The van der Waals surface area contributed by atoms with Gasteiger partial charge in [-0.3, -0.25) is 14.3 Å². The van der Waals surface area contributed by atoms with Crippen LogP contribution in [0.2, 0.25) is 0 Å². The lowest BCUT2D eigenvalue weighted by Gasteiger charge is -2.16. The van der Waals surface area contributed by atoms with Gasteiger partial charge in [-0.15, -0.1) is 12.4 Å². The molecule has 2 rings (SSSR count). The molecule has 1 fully saturated rings. The van der Waals surface area contributed by atoms with Crippen molar-refractivity contribution >= 4 is 18.2 Å². The van der Waals surface area contributed by atoms with Gasteiger partial charge in [0.15, 0.2) is 0 Å². The maximum Gasteiger partial charge on any atom is 0.329 e. The molecule has 0 amide bonds. The van der Waals surface area contributed by atoms with E-state index in [-0.39, 0.29) is 24.0 Å². The van der Waals surface area contributed by atoms with E-state index in [1.54, 1.807) is 0 Å². The molecule has 0 radical (unpaired) electrons. The van der Waals surface area contributed by atoms with Crippen molar-refractivity contribution < 1.29 is 0 Å². The first kappa shape index (κ1) is 12.8. The van der Waals surface area contributed by atoms with Crippen molar-refractivity contribution in [3.63, 3.8) is 0 Å². The minimum Gasteiger partial charge on any atom is -0.356 e. The van der Waals surface area contributed by atoms with Crippen molar-refractivity contribution in [3.05, 3.63) is 26.9 Å². The SMILES string of the molecule is Cl.Cn1c(=O)cc(N2CC[C@H](N)C2)[nH]c1=O. The monoisotopic (exact) mass is 246 g/mol. The van der Waals surface area contributed by atoms with Crippen LogP contribution in [-0.2, 0) is 7.05 Å². The van der Waals surface area contributed by atoms with Crippen LogP contribution in [-0.4, -0.2) is 28.7 Å². The molecule has 3 N–H and O–H groups in total. The first-order valence-electron chi connectivity index (χ1n) is 4.89. The van der Waals surface area contributed by atoms with E-state index in [0.29, 0.717) is 12.4 Å². The van der Waals surface area contributed by atoms with E-state index >= 15 is 0 Å². The van der Waals surface area contributed by atoms with Crippen molar-refractivity contribution in [1.29, 1.82) is 0 Å². The molecule has 1 atom stereocenters. The van der Waals surface area contributed by atoms with Crippen molar-refractivity contribution in [2.75, 3.05) is 18.0 Å². The van der Waals surface area contributed by atoms with E-state index in [9.17, 15) is 9.59 Å². The van der Waals surface area contributed by atoms with Gasteiger partial charge in [-0.25, -0.2) is 4.79 Å². The van der Waals surface area contributed by atoms with E-state index in [1.807, 2.05) is 4.90 Å². The molecule has 1 aliphatic heterocycles. The van der Waals surface area contributed by atoms with E-state index in [0.717, 1.165) is 17.5 Å². The highest BCUT2D eigenvalue weighted by Crippen LogP contribution is 2.13. The number of rotatable bonds is 1. The van der Waals surface area contributed by atoms with Crippen LogP contribution in [0, 0.1) is 0 Å². The van der Waals surface area contributed by atoms with Gasteiger partial charge in [0.1, 0.15) is 5.82 Å². The molecule has 6 nitrogen and oxygen atoms in total. The predicted octanol–water partition coefficient (Wildman–Crippen LogP) is -0.967. The number of hydrogen-bond donors (Lipinski definition) is 2. The second kappa shape index (κ2) is 4.71.